The molecule has 1 N–H and O–H groups in total. The van der Waals surface area contributed by atoms with Crippen molar-refractivity contribution in [2.24, 2.45) is 0 Å². The van der Waals surface area contributed by atoms with Crippen LogP contribution in [0.5, 0.6) is 0 Å². The van der Waals surface area contributed by atoms with Crippen molar-refractivity contribution in [2.75, 3.05) is 5.32 Å². The van der Waals surface area contributed by atoms with Gasteiger partial charge in [0.1, 0.15) is 4.88 Å². The van der Waals surface area contributed by atoms with Gasteiger partial charge < -0.3 is 5.32 Å². The molecule has 25 heavy (non-hydrogen) atoms. The molecule has 0 saturated heterocycles. The maximum absolute atomic E-state index is 13.1. The van der Waals surface area contributed by atoms with Crippen molar-refractivity contribution in [3.8, 4) is 11.1 Å². The maximum atomic E-state index is 13.1. The number of anilines is 1. The molecular weight excluding hydrogens is 349 g/mol. The molecule has 0 spiro atoms. The summed E-state index contributed by atoms with van der Waals surface area (Å²) < 4.78 is 39.2. The highest BCUT2D eigenvalue weighted by atomic mass is 32.1. The minimum Gasteiger partial charge on any atom is -0.321 e. The number of amides is 1. The molecule has 7 heteroatoms. The van der Waals surface area contributed by atoms with Crippen molar-refractivity contribution >= 4 is 22.9 Å². The number of carbonyl (C=O) groups is 1. The van der Waals surface area contributed by atoms with Gasteiger partial charge in [0.15, 0.2) is 5.69 Å². The van der Waals surface area contributed by atoms with Crippen LogP contribution in [-0.4, -0.2) is 10.9 Å². The Morgan fingerprint density at radius 2 is 1.68 bits per heavy atom. The lowest BCUT2D eigenvalue weighted by Crippen LogP contribution is -2.17. The number of carbonyl (C=O) groups excluding carboxylic acids is 1. The van der Waals surface area contributed by atoms with Crippen LogP contribution in [0.1, 0.15) is 20.4 Å². The Morgan fingerprint density at radius 1 is 1.04 bits per heavy atom. The number of nitrogens with zero attached hydrogens (tertiary/aromatic N) is 1. The number of hydrogen-bond acceptors (Lipinski definition) is 3. The molecule has 0 aliphatic rings. The van der Waals surface area contributed by atoms with E-state index in [0.717, 1.165) is 22.5 Å². The van der Waals surface area contributed by atoms with E-state index in [1.807, 2.05) is 30.3 Å². The van der Waals surface area contributed by atoms with Gasteiger partial charge in [-0.2, -0.15) is 13.2 Å². The van der Waals surface area contributed by atoms with E-state index in [9.17, 15) is 18.0 Å². The lowest BCUT2D eigenvalue weighted by molar-refractivity contribution is -0.141. The summed E-state index contributed by atoms with van der Waals surface area (Å²) in [6, 6.07) is 16.3. The lowest BCUT2D eigenvalue weighted by Gasteiger charge is -2.12. The van der Waals surface area contributed by atoms with E-state index in [-0.39, 0.29) is 5.01 Å². The van der Waals surface area contributed by atoms with Gasteiger partial charge in [0.25, 0.3) is 5.91 Å². The summed E-state index contributed by atoms with van der Waals surface area (Å²) in [5.41, 5.74) is 0.878. The zero-order valence-corrected chi connectivity index (χ0v) is 13.9. The molecule has 0 aliphatic carbocycles. The number of halogens is 3. The number of benzene rings is 2. The number of thiazole rings is 1. The Morgan fingerprint density at radius 3 is 2.36 bits per heavy atom. The second kappa shape index (κ2) is 6.68. The second-order valence-electron chi connectivity index (χ2n) is 5.27. The fourth-order valence-electron chi connectivity index (χ4n) is 2.41. The molecular formula is C18H13F3N2OS. The summed E-state index contributed by atoms with van der Waals surface area (Å²) >= 11 is 0.727. The number of nitrogens with one attached hydrogen (secondary N) is 1. The van der Waals surface area contributed by atoms with Crippen LogP contribution in [0.3, 0.4) is 0 Å². The van der Waals surface area contributed by atoms with E-state index >= 15 is 0 Å². The smallest absolute Gasteiger partial charge is 0.321 e. The molecule has 3 rings (SSSR count). The molecule has 0 aliphatic heterocycles. The van der Waals surface area contributed by atoms with Crippen LogP contribution in [0.4, 0.5) is 18.9 Å². The molecule has 1 aromatic heterocycles. The van der Waals surface area contributed by atoms with Gasteiger partial charge in [-0.1, -0.05) is 48.5 Å². The van der Waals surface area contributed by atoms with Crippen LogP contribution in [0.15, 0.2) is 54.6 Å². The molecule has 1 amide bonds. The fourth-order valence-corrected chi connectivity index (χ4v) is 3.25. The maximum Gasteiger partial charge on any atom is 0.435 e. The summed E-state index contributed by atoms with van der Waals surface area (Å²) in [4.78, 5) is 15.5. The van der Waals surface area contributed by atoms with E-state index < -0.39 is 22.7 Å². The summed E-state index contributed by atoms with van der Waals surface area (Å²) in [5, 5.41) is 2.77. The molecule has 3 aromatic rings. The lowest BCUT2D eigenvalue weighted by atomic mass is 10.0. The first-order chi connectivity index (χ1) is 11.9. The minimum absolute atomic E-state index is 0.189. The zero-order chi connectivity index (χ0) is 18.0. The van der Waals surface area contributed by atoms with Crippen molar-refractivity contribution < 1.29 is 18.0 Å². The van der Waals surface area contributed by atoms with E-state index in [1.165, 1.54) is 6.92 Å². The van der Waals surface area contributed by atoms with Crippen LogP contribution in [0, 0.1) is 6.92 Å². The Hall–Kier alpha value is -2.67. The first-order valence-electron chi connectivity index (χ1n) is 7.36. The van der Waals surface area contributed by atoms with E-state index in [1.54, 1.807) is 24.3 Å². The molecule has 3 nitrogen and oxygen atoms in total. The van der Waals surface area contributed by atoms with Gasteiger partial charge in [0, 0.05) is 11.3 Å². The minimum atomic E-state index is -4.67. The van der Waals surface area contributed by atoms with Crippen LogP contribution < -0.4 is 5.32 Å². The molecule has 0 saturated carbocycles. The van der Waals surface area contributed by atoms with E-state index in [4.69, 9.17) is 0 Å². The van der Waals surface area contributed by atoms with Gasteiger partial charge in [0.2, 0.25) is 0 Å². The standard InChI is InChI=1S/C18H13F3N2OS/c1-11-22-16(18(19,20)21)15(25-11)17(24)23-14-10-6-5-9-13(14)12-7-3-2-4-8-12/h2-10H,1H3,(H,23,24). The SMILES string of the molecule is Cc1nc(C(F)(F)F)c(C(=O)Nc2ccccc2-c2ccccc2)s1. The Labute approximate surface area is 146 Å². The van der Waals surface area contributed by atoms with Gasteiger partial charge in [-0.15, -0.1) is 11.3 Å². The third kappa shape index (κ3) is 3.71. The van der Waals surface area contributed by atoms with Crippen LogP contribution >= 0.6 is 11.3 Å². The number of aryl methyl sites for hydroxylation is 1. The zero-order valence-electron chi connectivity index (χ0n) is 13.1. The molecule has 0 unspecified atom stereocenters. The van der Waals surface area contributed by atoms with Crippen molar-refractivity contribution in [1.82, 2.24) is 4.98 Å². The van der Waals surface area contributed by atoms with Crippen molar-refractivity contribution in [1.29, 1.82) is 0 Å². The molecule has 0 radical (unpaired) electrons. The van der Waals surface area contributed by atoms with Gasteiger partial charge in [-0.25, -0.2) is 4.98 Å². The first kappa shape index (κ1) is 17.2. The average Bonchev–Trinajstić information content (AvgIpc) is 2.99. The Kier molecular flexibility index (Phi) is 4.59. The molecule has 0 bridgehead atoms. The monoisotopic (exact) mass is 362 g/mol. The third-order valence-corrected chi connectivity index (χ3v) is 4.44. The summed E-state index contributed by atoms with van der Waals surface area (Å²) in [5.74, 6) is -0.818. The van der Waals surface area contributed by atoms with Gasteiger partial charge in [-0.3, -0.25) is 4.79 Å². The van der Waals surface area contributed by atoms with Crippen molar-refractivity contribution in [2.45, 2.75) is 13.1 Å². The Bertz CT molecular complexity index is 904. The molecule has 0 atom stereocenters. The predicted molar refractivity (Wildman–Crippen MR) is 91.7 cm³/mol. The highest BCUT2D eigenvalue weighted by Crippen LogP contribution is 2.35. The highest BCUT2D eigenvalue weighted by molar-refractivity contribution is 7.13. The van der Waals surface area contributed by atoms with Gasteiger partial charge >= 0.3 is 6.18 Å². The average molecular weight is 362 g/mol. The quantitative estimate of drug-likeness (QED) is 0.679. The van der Waals surface area contributed by atoms with Crippen LogP contribution in [0.25, 0.3) is 11.1 Å². The van der Waals surface area contributed by atoms with Crippen molar-refractivity contribution in [3.05, 3.63) is 70.2 Å². The molecule has 0 fully saturated rings. The first-order valence-corrected chi connectivity index (χ1v) is 8.18. The number of alkyl halides is 3. The van der Waals surface area contributed by atoms with Crippen molar-refractivity contribution in [3.63, 3.8) is 0 Å². The predicted octanol–water partition coefficient (Wildman–Crippen LogP) is 5.39. The Balaban J connectivity index is 1.96. The molecule has 1 heterocycles. The topological polar surface area (TPSA) is 42.0 Å². The molecule has 128 valence electrons. The van der Waals surface area contributed by atoms with Gasteiger partial charge in [0.05, 0.1) is 5.01 Å². The number of hydrogen-bond donors (Lipinski definition) is 1. The number of para-hydroxylation sites is 1. The van der Waals surface area contributed by atoms with Gasteiger partial charge in [-0.05, 0) is 18.6 Å². The normalized spacial score (nSPS) is 11.4. The number of aromatic nitrogens is 1. The summed E-state index contributed by atoms with van der Waals surface area (Å²) in [7, 11) is 0. The largest absolute Gasteiger partial charge is 0.435 e. The highest BCUT2D eigenvalue weighted by Gasteiger charge is 2.39. The van der Waals surface area contributed by atoms with E-state index in [2.05, 4.69) is 10.3 Å². The fraction of sp³-hybridized carbons (Fsp3) is 0.111. The van der Waals surface area contributed by atoms with E-state index in [0.29, 0.717) is 5.69 Å². The number of rotatable bonds is 3. The molecule has 2 aromatic carbocycles. The summed E-state index contributed by atoms with van der Waals surface area (Å²) in [6.45, 7) is 1.44. The second-order valence-corrected chi connectivity index (χ2v) is 6.48. The third-order valence-electron chi connectivity index (χ3n) is 3.47. The van der Waals surface area contributed by atoms with Crippen LogP contribution in [-0.2, 0) is 6.18 Å². The van der Waals surface area contributed by atoms with Crippen LogP contribution in [0.2, 0.25) is 0 Å². The summed E-state index contributed by atoms with van der Waals surface area (Å²) in [6.07, 6.45) is -4.67.